The normalized spacial score (nSPS) is 12.9. The van der Waals surface area contributed by atoms with Gasteiger partial charge in [-0.15, -0.1) is 0 Å². The van der Waals surface area contributed by atoms with Gasteiger partial charge in [0, 0.05) is 13.0 Å². The van der Waals surface area contributed by atoms with Crippen molar-refractivity contribution in [2.75, 3.05) is 19.8 Å². The number of aliphatic hydroxyl groups excluding tert-OH is 1. The van der Waals surface area contributed by atoms with Crippen LogP contribution < -0.4 is 0 Å². The highest BCUT2D eigenvalue weighted by Crippen LogP contribution is 2.13. The summed E-state index contributed by atoms with van der Waals surface area (Å²) >= 11 is 0. The topological polar surface area (TPSA) is 55.8 Å². The Morgan fingerprint density at radius 3 is 1.35 bits per heavy atom. The summed E-state index contributed by atoms with van der Waals surface area (Å²) in [5.74, 6) is -0.224. The van der Waals surface area contributed by atoms with Crippen molar-refractivity contribution < 1.29 is 19.4 Å². The van der Waals surface area contributed by atoms with E-state index in [-0.39, 0.29) is 19.2 Å². The van der Waals surface area contributed by atoms with Gasteiger partial charge in [-0.05, 0) is 77.0 Å². The smallest absolute Gasteiger partial charge is 0.306 e. The van der Waals surface area contributed by atoms with Crippen LogP contribution >= 0.6 is 0 Å². The number of aliphatic hydroxyl groups is 1. The number of hydrogen-bond donors (Lipinski definition) is 1. The predicted octanol–water partition coefficient (Wildman–Crippen LogP) is 14.4. The van der Waals surface area contributed by atoms with E-state index in [9.17, 15) is 9.90 Å². The molecule has 0 amide bonds. The summed E-state index contributed by atoms with van der Waals surface area (Å²) in [6, 6.07) is 0. The Kier molecular flexibility index (Phi) is 42.6. The lowest BCUT2D eigenvalue weighted by molar-refractivity contribution is -0.154. The summed E-state index contributed by atoms with van der Waals surface area (Å²) in [6.45, 7) is 5.21. The fourth-order valence-corrected chi connectivity index (χ4v) is 6.08. The van der Waals surface area contributed by atoms with E-state index in [1.54, 1.807) is 0 Å². The van der Waals surface area contributed by atoms with Crippen molar-refractivity contribution >= 4 is 5.97 Å². The van der Waals surface area contributed by atoms with Crippen LogP contribution in [0.3, 0.4) is 0 Å². The van der Waals surface area contributed by atoms with Crippen molar-refractivity contribution in [1.82, 2.24) is 0 Å². The second-order valence-corrected chi connectivity index (χ2v) is 14.4. The summed E-state index contributed by atoms with van der Waals surface area (Å²) in [5.41, 5.74) is 0. The molecule has 0 aliphatic heterocycles. The average Bonchev–Trinajstić information content (AvgIpc) is 3.14. The van der Waals surface area contributed by atoms with Crippen LogP contribution in [-0.4, -0.2) is 37.0 Å². The molecule has 1 atom stereocenters. The maximum absolute atomic E-state index is 12.2. The van der Waals surface area contributed by atoms with Gasteiger partial charge in [-0.1, -0.05) is 184 Å². The van der Waals surface area contributed by atoms with Gasteiger partial charge in [-0.2, -0.15) is 0 Å². The SMILES string of the molecule is CC/C=C\C/C=C\C/C=C\C/C=C\CCCCCCC(=O)OC(CO)COCCCCCCCCCCCC/C=C\CCCCCCCCCC. The third-order valence-electron chi connectivity index (χ3n) is 9.33. The van der Waals surface area contributed by atoms with E-state index in [0.29, 0.717) is 13.0 Å². The Bertz CT molecular complexity index is 839. The van der Waals surface area contributed by atoms with E-state index in [1.807, 2.05) is 0 Å². The first-order chi connectivity index (χ1) is 25.2. The number of carbonyl (C=O) groups excluding carboxylic acids is 1. The number of esters is 1. The van der Waals surface area contributed by atoms with Crippen molar-refractivity contribution in [2.24, 2.45) is 0 Å². The van der Waals surface area contributed by atoms with E-state index < -0.39 is 6.10 Å². The Morgan fingerprint density at radius 1 is 0.490 bits per heavy atom. The van der Waals surface area contributed by atoms with Crippen LogP contribution in [-0.2, 0) is 14.3 Å². The van der Waals surface area contributed by atoms with Crippen molar-refractivity contribution in [3.05, 3.63) is 60.8 Å². The molecule has 0 aromatic heterocycles. The average molecular weight is 713 g/mol. The standard InChI is InChI=1S/C47H84O4/c1-3-5-7-9-11-13-15-17-19-21-22-23-24-25-27-29-31-33-35-37-39-41-43-50-45-46(44-48)51-47(49)42-40-38-36-34-32-30-28-26-20-18-16-14-12-10-8-6-4-2/h6,8,12,14,18,20-22,28,30,46,48H,3-5,7,9-11,13,15-17,19,23-27,29,31-45H2,1-2H3/b8-6-,14-12-,20-18-,22-21-,30-28-. The Labute approximate surface area is 317 Å². The van der Waals surface area contributed by atoms with E-state index in [2.05, 4.69) is 74.6 Å². The number of hydrogen-bond acceptors (Lipinski definition) is 4. The number of rotatable bonds is 40. The zero-order valence-corrected chi connectivity index (χ0v) is 33.9. The van der Waals surface area contributed by atoms with Crippen LogP contribution in [0.2, 0.25) is 0 Å². The first-order valence-corrected chi connectivity index (χ1v) is 21.9. The molecule has 0 saturated carbocycles. The van der Waals surface area contributed by atoms with Gasteiger partial charge in [-0.3, -0.25) is 4.79 Å². The van der Waals surface area contributed by atoms with Crippen LogP contribution in [0, 0.1) is 0 Å². The molecule has 51 heavy (non-hydrogen) atoms. The molecular formula is C47H84O4. The van der Waals surface area contributed by atoms with Gasteiger partial charge < -0.3 is 14.6 Å². The molecule has 0 spiro atoms. The molecule has 0 radical (unpaired) electrons. The summed E-state index contributed by atoms with van der Waals surface area (Å²) < 4.78 is 11.2. The minimum Gasteiger partial charge on any atom is -0.457 e. The largest absolute Gasteiger partial charge is 0.457 e. The van der Waals surface area contributed by atoms with Crippen LogP contribution in [0.25, 0.3) is 0 Å². The molecule has 296 valence electrons. The van der Waals surface area contributed by atoms with Gasteiger partial charge in [0.2, 0.25) is 0 Å². The minimum atomic E-state index is -0.550. The molecule has 0 aromatic carbocycles. The predicted molar refractivity (Wildman–Crippen MR) is 223 cm³/mol. The lowest BCUT2D eigenvalue weighted by Crippen LogP contribution is -2.27. The summed E-state index contributed by atoms with van der Waals surface area (Å²) in [5, 5.41) is 9.60. The first-order valence-electron chi connectivity index (χ1n) is 21.9. The first kappa shape index (κ1) is 49.1. The molecule has 4 heteroatoms. The monoisotopic (exact) mass is 713 g/mol. The zero-order valence-electron chi connectivity index (χ0n) is 33.9. The van der Waals surface area contributed by atoms with Gasteiger partial charge in [0.25, 0.3) is 0 Å². The van der Waals surface area contributed by atoms with E-state index in [4.69, 9.17) is 9.47 Å². The number of allylic oxidation sites excluding steroid dienone is 10. The van der Waals surface area contributed by atoms with Crippen molar-refractivity contribution in [2.45, 2.75) is 213 Å². The number of unbranched alkanes of at least 4 members (excludes halogenated alkanes) is 22. The summed E-state index contributed by atoms with van der Waals surface area (Å²) in [6.07, 6.45) is 58.6. The molecule has 0 rings (SSSR count). The molecule has 0 saturated heterocycles. The molecule has 0 aliphatic rings. The molecular weight excluding hydrogens is 629 g/mol. The second kappa shape index (κ2) is 44.3. The van der Waals surface area contributed by atoms with Gasteiger partial charge in [0.1, 0.15) is 6.10 Å². The summed E-state index contributed by atoms with van der Waals surface area (Å²) in [4.78, 5) is 12.2. The Morgan fingerprint density at radius 2 is 0.882 bits per heavy atom. The molecule has 0 bridgehead atoms. The molecule has 1 unspecified atom stereocenters. The quantitative estimate of drug-likeness (QED) is 0.0390. The second-order valence-electron chi connectivity index (χ2n) is 14.4. The number of carbonyl (C=O) groups is 1. The highest BCUT2D eigenvalue weighted by Gasteiger charge is 2.13. The lowest BCUT2D eigenvalue weighted by atomic mass is 10.1. The molecule has 0 fully saturated rings. The van der Waals surface area contributed by atoms with E-state index in [0.717, 1.165) is 64.2 Å². The highest BCUT2D eigenvalue weighted by atomic mass is 16.6. The third-order valence-corrected chi connectivity index (χ3v) is 9.33. The Hall–Kier alpha value is -1.91. The van der Waals surface area contributed by atoms with Gasteiger partial charge >= 0.3 is 5.97 Å². The molecule has 0 heterocycles. The fraction of sp³-hybridized carbons (Fsp3) is 0.766. The molecule has 4 nitrogen and oxygen atoms in total. The lowest BCUT2D eigenvalue weighted by Gasteiger charge is -2.15. The fourth-order valence-electron chi connectivity index (χ4n) is 6.08. The van der Waals surface area contributed by atoms with Crippen LogP contribution in [0.1, 0.15) is 206 Å². The highest BCUT2D eigenvalue weighted by molar-refractivity contribution is 5.69. The van der Waals surface area contributed by atoms with Crippen molar-refractivity contribution in [3.8, 4) is 0 Å². The van der Waals surface area contributed by atoms with Gasteiger partial charge in [0.15, 0.2) is 0 Å². The van der Waals surface area contributed by atoms with E-state index in [1.165, 1.54) is 122 Å². The van der Waals surface area contributed by atoms with Crippen molar-refractivity contribution in [3.63, 3.8) is 0 Å². The van der Waals surface area contributed by atoms with Crippen LogP contribution in [0.5, 0.6) is 0 Å². The third kappa shape index (κ3) is 42.4. The van der Waals surface area contributed by atoms with Gasteiger partial charge in [0.05, 0.1) is 13.2 Å². The minimum absolute atomic E-state index is 0.184. The van der Waals surface area contributed by atoms with Crippen molar-refractivity contribution in [1.29, 1.82) is 0 Å². The molecule has 1 N–H and O–H groups in total. The zero-order chi connectivity index (χ0) is 37.0. The van der Waals surface area contributed by atoms with E-state index >= 15 is 0 Å². The van der Waals surface area contributed by atoms with Crippen LogP contribution in [0.15, 0.2) is 60.8 Å². The van der Waals surface area contributed by atoms with Gasteiger partial charge in [-0.25, -0.2) is 0 Å². The number of ether oxygens (including phenoxy) is 2. The molecule has 0 aromatic rings. The van der Waals surface area contributed by atoms with Crippen LogP contribution in [0.4, 0.5) is 0 Å². The summed E-state index contributed by atoms with van der Waals surface area (Å²) in [7, 11) is 0. The maximum atomic E-state index is 12.2. The Balaban J connectivity index is 3.46. The maximum Gasteiger partial charge on any atom is 0.306 e. The molecule has 0 aliphatic carbocycles.